The van der Waals surface area contributed by atoms with Gasteiger partial charge in [0.25, 0.3) is 0 Å². The van der Waals surface area contributed by atoms with Gasteiger partial charge in [-0.1, -0.05) is 12.1 Å². The van der Waals surface area contributed by atoms with Crippen LogP contribution in [-0.2, 0) is 17.9 Å². The maximum Gasteiger partial charge on any atom is 0.230 e. The highest BCUT2D eigenvalue weighted by Crippen LogP contribution is 2.40. The van der Waals surface area contributed by atoms with Gasteiger partial charge in [-0.2, -0.15) is 5.10 Å². The van der Waals surface area contributed by atoms with E-state index in [4.69, 9.17) is 4.74 Å². The molecular weight excluding hydrogens is 352 g/mol. The predicted molar refractivity (Wildman–Crippen MR) is 108 cm³/mol. The number of methoxy groups -OCH3 is 1. The second-order valence-corrected chi connectivity index (χ2v) is 8.11. The first-order chi connectivity index (χ1) is 13.7. The summed E-state index contributed by atoms with van der Waals surface area (Å²) in [5, 5.41) is 4.27. The Bertz CT molecular complexity index is 792. The van der Waals surface area contributed by atoms with Gasteiger partial charge < -0.3 is 14.5 Å². The van der Waals surface area contributed by atoms with Crippen molar-refractivity contribution in [2.75, 3.05) is 33.3 Å². The molecule has 0 aliphatic carbocycles. The Hall–Kier alpha value is -2.34. The molecule has 1 aromatic carbocycles. The fourth-order valence-corrected chi connectivity index (χ4v) is 4.71. The number of aryl methyl sites for hydroxylation is 1. The fourth-order valence-electron chi connectivity index (χ4n) is 4.71. The number of ether oxygens (including phenoxy) is 1. The Morgan fingerprint density at radius 3 is 2.93 bits per heavy atom. The number of nitrogens with zero attached hydrogens (tertiary/aromatic N) is 4. The van der Waals surface area contributed by atoms with E-state index in [1.54, 1.807) is 7.11 Å². The molecule has 1 aromatic heterocycles. The standard InChI is InChI=1S/C22H30N4O2/c1-28-20-7-2-6-19(16-20)17-25-12-3-8-22(21(25)27)9-15-24(18-22)11-5-14-26-13-4-10-23-26/h2,4,6-7,10,13,16H,3,5,8-9,11-12,14-15,17-18H2,1H3/t22-/m1/s1. The summed E-state index contributed by atoms with van der Waals surface area (Å²) in [5.74, 6) is 1.19. The molecule has 3 heterocycles. The Morgan fingerprint density at radius 1 is 1.18 bits per heavy atom. The highest BCUT2D eigenvalue weighted by Gasteiger charge is 2.47. The summed E-state index contributed by atoms with van der Waals surface area (Å²) in [4.78, 5) is 17.9. The lowest BCUT2D eigenvalue weighted by atomic mass is 9.78. The number of benzene rings is 1. The first-order valence-corrected chi connectivity index (χ1v) is 10.3. The van der Waals surface area contributed by atoms with E-state index in [9.17, 15) is 4.79 Å². The van der Waals surface area contributed by atoms with Gasteiger partial charge >= 0.3 is 0 Å². The highest BCUT2D eigenvalue weighted by molar-refractivity contribution is 5.84. The summed E-state index contributed by atoms with van der Waals surface area (Å²) >= 11 is 0. The number of rotatable bonds is 7. The average molecular weight is 383 g/mol. The Morgan fingerprint density at radius 2 is 2.11 bits per heavy atom. The van der Waals surface area contributed by atoms with Crippen LogP contribution >= 0.6 is 0 Å². The SMILES string of the molecule is COc1cccc(CN2CCC[C@]3(CCN(CCCn4cccn4)C3)C2=O)c1. The topological polar surface area (TPSA) is 50.6 Å². The minimum Gasteiger partial charge on any atom is -0.497 e. The molecule has 2 fully saturated rings. The lowest BCUT2D eigenvalue weighted by molar-refractivity contribution is -0.146. The van der Waals surface area contributed by atoms with Crippen LogP contribution < -0.4 is 4.74 Å². The van der Waals surface area contributed by atoms with Crippen LogP contribution in [-0.4, -0.2) is 58.8 Å². The minimum atomic E-state index is -0.178. The molecule has 0 radical (unpaired) electrons. The molecule has 0 bridgehead atoms. The van der Waals surface area contributed by atoms with E-state index in [2.05, 4.69) is 21.0 Å². The van der Waals surface area contributed by atoms with Crippen molar-refractivity contribution in [2.45, 2.75) is 38.8 Å². The number of likely N-dealkylation sites (tertiary alicyclic amines) is 2. The minimum absolute atomic E-state index is 0.178. The van der Waals surface area contributed by atoms with Crippen LogP contribution in [0.2, 0.25) is 0 Å². The molecule has 0 saturated carbocycles. The van der Waals surface area contributed by atoms with Crippen LogP contribution in [0.4, 0.5) is 0 Å². The first-order valence-electron chi connectivity index (χ1n) is 10.3. The maximum absolute atomic E-state index is 13.4. The summed E-state index contributed by atoms with van der Waals surface area (Å²) in [6.45, 7) is 5.43. The van der Waals surface area contributed by atoms with E-state index in [-0.39, 0.29) is 5.41 Å². The highest BCUT2D eigenvalue weighted by atomic mass is 16.5. The molecule has 6 nitrogen and oxygen atoms in total. The number of hydrogen-bond donors (Lipinski definition) is 0. The van der Waals surface area contributed by atoms with E-state index in [0.29, 0.717) is 12.5 Å². The smallest absolute Gasteiger partial charge is 0.230 e. The van der Waals surface area contributed by atoms with E-state index in [1.165, 1.54) is 0 Å². The zero-order chi connectivity index (χ0) is 19.4. The Labute approximate surface area is 167 Å². The summed E-state index contributed by atoms with van der Waals surface area (Å²) in [6.07, 6.45) is 8.00. The van der Waals surface area contributed by atoms with Crippen molar-refractivity contribution in [1.29, 1.82) is 0 Å². The van der Waals surface area contributed by atoms with Crippen LogP contribution in [0, 0.1) is 5.41 Å². The van der Waals surface area contributed by atoms with Crippen LogP contribution in [0.5, 0.6) is 5.75 Å². The molecule has 0 unspecified atom stereocenters. The normalized spacial score (nSPS) is 22.9. The van der Waals surface area contributed by atoms with Crippen molar-refractivity contribution in [3.63, 3.8) is 0 Å². The molecule has 28 heavy (non-hydrogen) atoms. The van der Waals surface area contributed by atoms with Gasteiger partial charge in [-0.05, 0) is 62.5 Å². The molecule has 1 atom stereocenters. The Kier molecular flexibility index (Phi) is 5.67. The molecule has 2 saturated heterocycles. The van der Waals surface area contributed by atoms with E-state index in [1.807, 2.05) is 41.3 Å². The van der Waals surface area contributed by atoms with Crippen molar-refractivity contribution in [1.82, 2.24) is 19.6 Å². The second kappa shape index (κ2) is 8.35. The largest absolute Gasteiger partial charge is 0.497 e. The van der Waals surface area contributed by atoms with Gasteiger partial charge in [0.15, 0.2) is 0 Å². The molecule has 2 aliphatic rings. The number of carbonyl (C=O) groups is 1. The molecule has 1 amide bonds. The van der Waals surface area contributed by atoms with Crippen molar-refractivity contribution in [3.8, 4) is 5.75 Å². The molecule has 150 valence electrons. The van der Waals surface area contributed by atoms with Crippen LogP contribution in [0.3, 0.4) is 0 Å². The lowest BCUT2D eigenvalue weighted by Crippen LogP contribution is -2.49. The van der Waals surface area contributed by atoms with Gasteiger partial charge in [0.05, 0.1) is 12.5 Å². The summed E-state index contributed by atoms with van der Waals surface area (Å²) < 4.78 is 7.31. The van der Waals surface area contributed by atoms with E-state index >= 15 is 0 Å². The van der Waals surface area contributed by atoms with Crippen LogP contribution in [0.1, 0.15) is 31.2 Å². The number of carbonyl (C=O) groups excluding carboxylic acids is 1. The van der Waals surface area contributed by atoms with Crippen molar-refractivity contribution < 1.29 is 9.53 Å². The molecule has 2 aromatic rings. The average Bonchev–Trinajstić information content (AvgIpc) is 3.37. The maximum atomic E-state index is 13.4. The monoisotopic (exact) mass is 382 g/mol. The second-order valence-electron chi connectivity index (χ2n) is 8.11. The third kappa shape index (κ3) is 4.07. The van der Waals surface area contributed by atoms with E-state index in [0.717, 1.165) is 69.7 Å². The van der Waals surface area contributed by atoms with Gasteiger partial charge in [0, 0.05) is 38.6 Å². The molecule has 0 N–H and O–H groups in total. The summed E-state index contributed by atoms with van der Waals surface area (Å²) in [5.41, 5.74) is 0.960. The quantitative estimate of drug-likeness (QED) is 0.739. The fraction of sp³-hybridized carbons (Fsp3) is 0.545. The molecule has 6 heteroatoms. The number of amides is 1. The number of aromatic nitrogens is 2. The molecule has 4 rings (SSSR count). The number of piperidine rings is 1. The van der Waals surface area contributed by atoms with Crippen LogP contribution in [0.15, 0.2) is 42.7 Å². The zero-order valence-corrected chi connectivity index (χ0v) is 16.7. The zero-order valence-electron chi connectivity index (χ0n) is 16.7. The summed E-state index contributed by atoms with van der Waals surface area (Å²) in [6, 6.07) is 10.0. The van der Waals surface area contributed by atoms with Gasteiger partial charge in [-0.25, -0.2) is 0 Å². The van der Waals surface area contributed by atoms with Crippen molar-refractivity contribution >= 4 is 5.91 Å². The lowest BCUT2D eigenvalue weighted by Gasteiger charge is -2.39. The predicted octanol–water partition coefficient (Wildman–Crippen LogP) is 2.80. The van der Waals surface area contributed by atoms with Gasteiger partial charge in [-0.15, -0.1) is 0 Å². The number of hydrogen-bond acceptors (Lipinski definition) is 4. The Balaban J connectivity index is 1.34. The molecular formula is C22H30N4O2. The van der Waals surface area contributed by atoms with Gasteiger partial charge in [0.1, 0.15) is 5.75 Å². The van der Waals surface area contributed by atoms with Gasteiger partial charge in [0.2, 0.25) is 5.91 Å². The molecule has 1 spiro atoms. The summed E-state index contributed by atoms with van der Waals surface area (Å²) in [7, 11) is 1.68. The van der Waals surface area contributed by atoms with Crippen molar-refractivity contribution in [3.05, 3.63) is 48.3 Å². The van der Waals surface area contributed by atoms with Crippen molar-refractivity contribution in [2.24, 2.45) is 5.41 Å². The van der Waals surface area contributed by atoms with Gasteiger partial charge in [-0.3, -0.25) is 9.48 Å². The third-order valence-electron chi connectivity index (χ3n) is 6.19. The van der Waals surface area contributed by atoms with E-state index < -0.39 is 0 Å². The first kappa shape index (κ1) is 19.0. The molecule has 2 aliphatic heterocycles. The van der Waals surface area contributed by atoms with Crippen LogP contribution in [0.25, 0.3) is 0 Å². The third-order valence-corrected chi connectivity index (χ3v) is 6.19.